The van der Waals surface area contributed by atoms with Gasteiger partial charge in [0.05, 0.1) is 24.0 Å². The molecule has 0 saturated carbocycles. The van der Waals surface area contributed by atoms with Crippen molar-refractivity contribution in [3.8, 4) is 11.6 Å². The van der Waals surface area contributed by atoms with E-state index in [1.54, 1.807) is 23.7 Å². The Labute approximate surface area is 202 Å². The van der Waals surface area contributed by atoms with Crippen LogP contribution in [0.4, 0.5) is 5.69 Å². The van der Waals surface area contributed by atoms with Crippen molar-refractivity contribution in [3.05, 3.63) is 63.7 Å². The zero-order valence-electron chi connectivity index (χ0n) is 19.5. The van der Waals surface area contributed by atoms with Crippen molar-refractivity contribution in [2.24, 2.45) is 0 Å². The monoisotopic (exact) mass is 480 g/mol. The molecule has 2 amide bonds. The Morgan fingerprint density at radius 1 is 1.15 bits per heavy atom. The molecule has 3 heterocycles. The van der Waals surface area contributed by atoms with Crippen LogP contribution in [0.25, 0.3) is 0 Å². The number of benzene rings is 1. The van der Waals surface area contributed by atoms with Crippen LogP contribution >= 0.6 is 11.3 Å². The van der Waals surface area contributed by atoms with E-state index < -0.39 is 0 Å². The van der Waals surface area contributed by atoms with E-state index in [2.05, 4.69) is 15.3 Å². The molecule has 1 N–H and O–H groups in total. The van der Waals surface area contributed by atoms with Gasteiger partial charge in [-0.15, -0.1) is 11.3 Å². The maximum Gasteiger partial charge on any atom is 0.275 e. The molecule has 34 heavy (non-hydrogen) atoms. The van der Waals surface area contributed by atoms with E-state index in [0.717, 1.165) is 23.4 Å². The summed E-state index contributed by atoms with van der Waals surface area (Å²) in [5.41, 5.74) is 3.30. The number of piperidine rings is 1. The molecule has 8 nitrogen and oxygen atoms in total. The van der Waals surface area contributed by atoms with Crippen LogP contribution in [0.3, 0.4) is 0 Å². The smallest absolute Gasteiger partial charge is 0.275 e. The summed E-state index contributed by atoms with van der Waals surface area (Å²) < 4.78 is 10.7. The van der Waals surface area contributed by atoms with Gasteiger partial charge in [-0.05, 0) is 56.0 Å². The maximum atomic E-state index is 12.6. The van der Waals surface area contributed by atoms with Crippen LogP contribution in [0.15, 0.2) is 41.9 Å². The Hall–Kier alpha value is -3.46. The first-order valence-electron chi connectivity index (χ1n) is 11.2. The highest BCUT2D eigenvalue weighted by Crippen LogP contribution is 2.30. The first kappa shape index (κ1) is 23.7. The third kappa shape index (κ3) is 5.72. The Kier molecular flexibility index (Phi) is 7.42. The topological polar surface area (TPSA) is 93.7 Å². The van der Waals surface area contributed by atoms with Gasteiger partial charge in [-0.1, -0.05) is 6.07 Å². The lowest BCUT2D eigenvalue weighted by Gasteiger charge is -2.31. The normalized spacial score (nSPS) is 14.0. The molecule has 1 aliphatic rings. The quantitative estimate of drug-likeness (QED) is 0.545. The largest absolute Gasteiger partial charge is 0.484 e. The highest BCUT2D eigenvalue weighted by Gasteiger charge is 2.26. The number of ether oxygens (including phenoxy) is 2. The summed E-state index contributed by atoms with van der Waals surface area (Å²) in [6.07, 6.45) is 3.17. The molecule has 1 saturated heterocycles. The second kappa shape index (κ2) is 10.6. The molecule has 0 aliphatic carbocycles. The summed E-state index contributed by atoms with van der Waals surface area (Å²) in [7, 11) is 1.54. The fraction of sp³-hybridized carbons (Fsp3) is 0.360. The maximum absolute atomic E-state index is 12.6. The molecule has 1 aliphatic heterocycles. The number of amides is 2. The predicted octanol–water partition coefficient (Wildman–Crippen LogP) is 4.20. The van der Waals surface area contributed by atoms with Gasteiger partial charge in [-0.2, -0.15) is 0 Å². The SMILES string of the molecule is COc1ccc(NC(=O)c2csc(C3CCN(C(=O)COc4ccc(C)c(C)c4)CC3)n2)cn1. The molecule has 178 valence electrons. The van der Waals surface area contributed by atoms with Gasteiger partial charge in [0, 0.05) is 30.5 Å². The first-order valence-corrected chi connectivity index (χ1v) is 12.1. The summed E-state index contributed by atoms with van der Waals surface area (Å²) in [6, 6.07) is 9.26. The zero-order chi connectivity index (χ0) is 24.1. The number of aromatic nitrogens is 2. The van der Waals surface area contributed by atoms with Crippen molar-refractivity contribution in [2.45, 2.75) is 32.6 Å². The van der Waals surface area contributed by atoms with Gasteiger partial charge in [0.15, 0.2) is 6.61 Å². The Morgan fingerprint density at radius 3 is 2.62 bits per heavy atom. The number of hydrogen-bond donors (Lipinski definition) is 1. The lowest BCUT2D eigenvalue weighted by molar-refractivity contribution is -0.134. The Balaban J connectivity index is 1.26. The molecule has 9 heteroatoms. The van der Waals surface area contributed by atoms with Gasteiger partial charge in [-0.3, -0.25) is 9.59 Å². The van der Waals surface area contributed by atoms with E-state index >= 15 is 0 Å². The molecular formula is C25H28N4O4S. The van der Waals surface area contributed by atoms with Crippen molar-refractivity contribution in [1.82, 2.24) is 14.9 Å². The van der Waals surface area contributed by atoms with Gasteiger partial charge < -0.3 is 19.7 Å². The molecule has 4 rings (SSSR count). The minimum absolute atomic E-state index is 0.0102. The predicted molar refractivity (Wildman–Crippen MR) is 131 cm³/mol. The van der Waals surface area contributed by atoms with Crippen LogP contribution < -0.4 is 14.8 Å². The summed E-state index contributed by atoms with van der Waals surface area (Å²) in [4.78, 5) is 35.6. The van der Waals surface area contributed by atoms with Gasteiger partial charge in [0.1, 0.15) is 11.4 Å². The number of likely N-dealkylation sites (tertiary alicyclic amines) is 1. The average molecular weight is 481 g/mol. The van der Waals surface area contributed by atoms with Crippen molar-refractivity contribution >= 4 is 28.8 Å². The molecule has 0 unspecified atom stereocenters. The number of thiazole rings is 1. The number of nitrogens with zero attached hydrogens (tertiary/aromatic N) is 3. The van der Waals surface area contributed by atoms with Crippen LogP contribution in [-0.2, 0) is 4.79 Å². The number of carbonyl (C=O) groups excluding carboxylic acids is 2. The fourth-order valence-electron chi connectivity index (χ4n) is 3.77. The van der Waals surface area contributed by atoms with Crippen molar-refractivity contribution in [2.75, 3.05) is 32.1 Å². The van der Waals surface area contributed by atoms with Crippen molar-refractivity contribution in [1.29, 1.82) is 0 Å². The van der Waals surface area contributed by atoms with Crippen LogP contribution in [0.5, 0.6) is 11.6 Å². The van der Waals surface area contributed by atoms with E-state index in [1.807, 2.05) is 36.9 Å². The van der Waals surface area contributed by atoms with E-state index in [9.17, 15) is 9.59 Å². The molecule has 0 spiro atoms. The summed E-state index contributed by atoms with van der Waals surface area (Å²) in [5, 5.41) is 5.50. The van der Waals surface area contributed by atoms with E-state index in [4.69, 9.17) is 9.47 Å². The summed E-state index contributed by atoms with van der Waals surface area (Å²) in [6.45, 7) is 5.41. The molecule has 1 fully saturated rings. The Bertz CT molecular complexity index is 1150. The molecule has 3 aromatic rings. The van der Waals surface area contributed by atoms with Crippen LogP contribution in [0.1, 0.15) is 45.4 Å². The Morgan fingerprint density at radius 2 is 1.94 bits per heavy atom. The van der Waals surface area contributed by atoms with Crippen LogP contribution in [0, 0.1) is 13.8 Å². The highest BCUT2D eigenvalue weighted by molar-refractivity contribution is 7.10. The third-order valence-electron chi connectivity index (χ3n) is 6.00. The van der Waals surface area contributed by atoms with Gasteiger partial charge in [-0.25, -0.2) is 9.97 Å². The molecule has 2 aromatic heterocycles. The molecule has 0 radical (unpaired) electrons. The lowest BCUT2D eigenvalue weighted by Crippen LogP contribution is -2.40. The number of aryl methyl sites for hydroxylation is 2. The third-order valence-corrected chi connectivity index (χ3v) is 7.00. The summed E-state index contributed by atoms with van der Waals surface area (Å²) in [5.74, 6) is 1.15. The average Bonchev–Trinajstić information content (AvgIpc) is 3.36. The molecule has 0 bridgehead atoms. The molecule has 1 aromatic carbocycles. The van der Waals surface area contributed by atoms with Gasteiger partial charge >= 0.3 is 0 Å². The van der Waals surface area contributed by atoms with Crippen LogP contribution in [0.2, 0.25) is 0 Å². The zero-order valence-corrected chi connectivity index (χ0v) is 20.4. The van der Waals surface area contributed by atoms with Crippen molar-refractivity contribution < 1.29 is 19.1 Å². The number of anilines is 1. The minimum Gasteiger partial charge on any atom is -0.484 e. The second-order valence-electron chi connectivity index (χ2n) is 8.30. The second-order valence-corrected chi connectivity index (χ2v) is 9.19. The summed E-state index contributed by atoms with van der Waals surface area (Å²) >= 11 is 1.48. The van der Waals surface area contributed by atoms with Crippen molar-refractivity contribution in [3.63, 3.8) is 0 Å². The number of nitrogens with one attached hydrogen (secondary N) is 1. The van der Waals surface area contributed by atoms with Gasteiger partial charge in [0.2, 0.25) is 5.88 Å². The number of hydrogen-bond acceptors (Lipinski definition) is 7. The number of methoxy groups -OCH3 is 1. The van der Waals surface area contributed by atoms with Crippen LogP contribution in [-0.4, -0.2) is 53.5 Å². The number of pyridine rings is 1. The van der Waals surface area contributed by atoms with E-state index in [1.165, 1.54) is 24.0 Å². The van der Waals surface area contributed by atoms with E-state index in [-0.39, 0.29) is 24.3 Å². The lowest BCUT2D eigenvalue weighted by atomic mass is 9.97. The number of carbonyl (C=O) groups is 2. The number of rotatable bonds is 7. The first-order chi connectivity index (χ1) is 16.4. The minimum atomic E-state index is -0.273. The highest BCUT2D eigenvalue weighted by atomic mass is 32.1. The van der Waals surface area contributed by atoms with Gasteiger partial charge in [0.25, 0.3) is 11.8 Å². The molecular weight excluding hydrogens is 452 g/mol. The van der Waals surface area contributed by atoms with E-state index in [0.29, 0.717) is 36.1 Å². The fourth-order valence-corrected chi connectivity index (χ4v) is 4.74. The molecule has 0 atom stereocenters. The standard InChI is InChI=1S/C25H28N4O4S/c1-16-4-6-20(12-17(16)2)33-14-23(30)29-10-8-18(9-11-29)25-28-21(15-34-25)24(31)27-19-5-7-22(32-3)26-13-19/h4-7,12-13,15,18H,8-11,14H2,1-3H3,(H,27,31).